The Labute approximate surface area is 242 Å². The number of aryl methyl sites for hydroxylation is 1. The van der Waals surface area contributed by atoms with Crippen molar-refractivity contribution in [2.24, 2.45) is 0 Å². The molecule has 0 bridgehead atoms. The Morgan fingerprint density at radius 1 is 0.881 bits per heavy atom. The zero-order chi connectivity index (χ0) is 30.0. The maximum absolute atomic E-state index is 14.5. The molecular weight excluding hydrogens is 561 g/mol. The average Bonchev–Trinajstić information content (AvgIpc) is 3.33. The maximum atomic E-state index is 14.5. The van der Waals surface area contributed by atoms with Gasteiger partial charge in [-0.1, -0.05) is 24.3 Å². The summed E-state index contributed by atoms with van der Waals surface area (Å²) < 4.78 is 55.9. The SMILES string of the molecule is COc1ccc(CN(Cc2ccc(OC)cc2)S(=O)(=O)c2cc(C(=O)O)cc3c2c(C)nn3-c2ccc(F)cc2)cc1. The Balaban J connectivity index is 1.68. The van der Waals surface area contributed by atoms with Gasteiger partial charge < -0.3 is 14.6 Å². The van der Waals surface area contributed by atoms with E-state index in [-0.39, 0.29) is 34.5 Å². The van der Waals surface area contributed by atoms with E-state index < -0.39 is 21.8 Å². The van der Waals surface area contributed by atoms with Crippen LogP contribution in [0.5, 0.6) is 11.5 Å². The molecule has 0 aliphatic rings. The highest BCUT2D eigenvalue weighted by atomic mass is 32.2. The van der Waals surface area contributed by atoms with Crippen LogP contribution in [0.1, 0.15) is 27.2 Å². The molecule has 0 saturated heterocycles. The Kier molecular flexibility index (Phi) is 7.97. The number of rotatable bonds is 10. The smallest absolute Gasteiger partial charge is 0.335 e. The summed E-state index contributed by atoms with van der Waals surface area (Å²) in [5.74, 6) is -0.491. The van der Waals surface area contributed by atoms with Gasteiger partial charge in [0.25, 0.3) is 0 Å². The topological polar surface area (TPSA) is 111 Å². The van der Waals surface area contributed by atoms with Gasteiger partial charge in [-0.25, -0.2) is 22.3 Å². The molecule has 216 valence electrons. The lowest BCUT2D eigenvalue weighted by Gasteiger charge is -2.24. The number of nitrogens with zero attached hydrogens (tertiary/aromatic N) is 3. The molecule has 0 unspecified atom stereocenters. The number of fused-ring (bicyclic) bond motifs is 1. The number of aromatic nitrogens is 2. The Hall–Kier alpha value is -4.74. The lowest BCUT2D eigenvalue weighted by atomic mass is 10.1. The van der Waals surface area contributed by atoms with Gasteiger partial charge in [-0.15, -0.1) is 0 Å². The van der Waals surface area contributed by atoms with Crippen molar-refractivity contribution in [1.82, 2.24) is 14.1 Å². The average molecular weight is 590 g/mol. The number of hydrogen-bond acceptors (Lipinski definition) is 6. The second-order valence-corrected chi connectivity index (χ2v) is 11.5. The molecule has 42 heavy (non-hydrogen) atoms. The first-order valence-electron chi connectivity index (χ1n) is 12.9. The highest BCUT2D eigenvalue weighted by molar-refractivity contribution is 7.89. The number of ether oxygens (including phenoxy) is 2. The largest absolute Gasteiger partial charge is 0.497 e. The number of carboxylic acids is 1. The number of halogens is 1. The predicted molar refractivity (Wildman–Crippen MR) is 155 cm³/mol. The van der Waals surface area contributed by atoms with E-state index in [0.717, 1.165) is 0 Å². The minimum atomic E-state index is -4.32. The molecule has 1 heterocycles. The normalized spacial score (nSPS) is 11.6. The van der Waals surface area contributed by atoms with Gasteiger partial charge in [0.1, 0.15) is 17.3 Å². The summed E-state index contributed by atoms with van der Waals surface area (Å²) in [6.45, 7) is 1.66. The monoisotopic (exact) mass is 589 g/mol. The van der Waals surface area contributed by atoms with Crippen molar-refractivity contribution in [2.45, 2.75) is 24.9 Å². The van der Waals surface area contributed by atoms with Gasteiger partial charge in [0.15, 0.2) is 0 Å². The molecule has 0 atom stereocenters. The van der Waals surface area contributed by atoms with Crippen LogP contribution >= 0.6 is 0 Å². The number of aromatic carboxylic acids is 1. The molecule has 0 saturated carbocycles. The Bertz CT molecular complexity index is 1800. The van der Waals surface area contributed by atoms with Gasteiger partial charge in [-0.3, -0.25) is 0 Å². The zero-order valence-electron chi connectivity index (χ0n) is 23.1. The zero-order valence-corrected chi connectivity index (χ0v) is 23.9. The fourth-order valence-electron chi connectivity index (χ4n) is 4.73. The van der Waals surface area contributed by atoms with E-state index in [1.54, 1.807) is 69.7 Å². The van der Waals surface area contributed by atoms with Crippen molar-refractivity contribution in [3.05, 3.63) is 113 Å². The van der Waals surface area contributed by atoms with Crippen molar-refractivity contribution in [3.63, 3.8) is 0 Å². The van der Waals surface area contributed by atoms with E-state index in [0.29, 0.717) is 34.0 Å². The summed E-state index contributed by atoms with van der Waals surface area (Å²) >= 11 is 0. The van der Waals surface area contributed by atoms with Gasteiger partial charge in [0.05, 0.1) is 41.6 Å². The van der Waals surface area contributed by atoms with E-state index in [2.05, 4.69) is 5.10 Å². The second-order valence-electron chi connectivity index (χ2n) is 9.62. The maximum Gasteiger partial charge on any atom is 0.335 e. The van der Waals surface area contributed by atoms with Crippen LogP contribution in [0.3, 0.4) is 0 Å². The van der Waals surface area contributed by atoms with Crippen LogP contribution in [0.25, 0.3) is 16.6 Å². The number of carboxylic acid groups (broad SMARTS) is 1. The molecule has 1 N–H and O–H groups in total. The molecule has 0 spiro atoms. The van der Waals surface area contributed by atoms with Crippen LogP contribution in [-0.4, -0.2) is 47.8 Å². The van der Waals surface area contributed by atoms with Crippen molar-refractivity contribution in [3.8, 4) is 17.2 Å². The fraction of sp³-hybridized carbons (Fsp3) is 0.161. The summed E-state index contributed by atoms with van der Waals surface area (Å²) in [6.07, 6.45) is 0. The fourth-order valence-corrected chi connectivity index (χ4v) is 6.43. The molecule has 0 aliphatic heterocycles. The number of sulfonamides is 1. The van der Waals surface area contributed by atoms with Crippen molar-refractivity contribution < 1.29 is 32.2 Å². The summed E-state index contributed by atoms with van der Waals surface area (Å²) in [6, 6.07) is 22.1. The quantitative estimate of drug-likeness (QED) is 0.226. The van der Waals surface area contributed by atoms with E-state index in [1.165, 1.54) is 45.4 Å². The molecule has 0 radical (unpaired) electrons. The summed E-state index contributed by atoms with van der Waals surface area (Å²) in [7, 11) is -1.22. The van der Waals surface area contributed by atoms with Crippen LogP contribution in [0, 0.1) is 12.7 Å². The van der Waals surface area contributed by atoms with Gasteiger partial charge in [0.2, 0.25) is 10.0 Å². The second kappa shape index (κ2) is 11.6. The number of carbonyl (C=O) groups is 1. The molecule has 0 aliphatic carbocycles. The first-order valence-corrected chi connectivity index (χ1v) is 14.3. The van der Waals surface area contributed by atoms with Gasteiger partial charge >= 0.3 is 5.97 Å². The molecule has 0 fully saturated rings. The Morgan fingerprint density at radius 2 is 1.40 bits per heavy atom. The first-order chi connectivity index (χ1) is 20.1. The molecule has 11 heteroatoms. The van der Waals surface area contributed by atoms with E-state index in [4.69, 9.17) is 9.47 Å². The molecule has 5 aromatic rings. The number of benzene rings is 4. The minimum Gasteiger partial charge on any atom is -0.497 e. The lowest BCUT2D eigenvalue weighted by Crippen LogP contribution is -2.30. The third kappa shape index (κ3) is 5.69. The number of hydrogen-bond donors (Lipinski definition) is 1. The molecular formula is C31H28FN3O6S. The van der Waals surface area contributed by atoms with Gasteiger partial charge in [-0.2, -0.15) is 9.40 Å². The Morgan fingerprint density at radius 3 is 1.88 bits per heavy atom. The third-order valence-corrected chi connectivity index (χ3v) is 8.71. The standard InChI is InChI=1S/C31H28FN3O6S/c1-20-30-28(35(33-20)25-10-8-24(32)9-11-25)16-23(31(36)37)17-29(30)42(38,39)34(18-21-4-12-26(40-2)13-5-21)19-22-6-14-27(41-3)15-7-22/h4-17H,18-19H2,1-3H3,(H,36,37). The molecule has 1 aromatic heterocycles. The lowest BCUT2D eigenvalue weighted by molar-refractivity contribution is 0.0696. The van der Waals surface area contributed by atoms with Crippen LogP contribution in [0.2, 0.25) is 0 Å². The summed E-state index contributed by atoms with van der Waals surface area (Å²) in [5, 5.41) is 14.7. The van der Waals surface area contributed by atoms with E-state index in [1.807, 2.05) is 0 Å². The van der Waals surface area contributed by atoms with E-state index >= 15 is 0 Å². The van der Waals surface area contributed by atoms with Crippen LogP contribution in [-0.2, 0) is 23.1 Å². The first kappa shape index (κ1) is 28.8. The third-order valence-electron chi connectivity index (χ3n) is 6.89. The molecule has 9 nitrogen and oxygen atoms in total. The van der Waals surface area contributed by atoms with E-state index in [9.17, 15) is 22.7 Å². The van der Waals surface area contributed by atoms with Crippen LogP contribution in [0.15, 0.2) is 89.8 Å². The van der Waals surface area contributed by atoms with Crippen molar-refractivity contribution >= 4 is 26.9 Å². The van der Waals surface area contributed by atoms with Gasteiger partial charge in [0, 0.05) is 18.5 Å². The van der Waals surface area contributed by atoms with Crippen LogP contribution < -0.4 is 9.47 Å². The highest BCUT2D eigenvalue weighted by Crippen LogP contribution is 2.33. The molecule has 5 rings (SSSR count). The number of methoxy groups -OCH3 is 2. The predicted octanol–water partition coefficient (Wildman–Crippen LogP) is 5.58. The molecule has 4 aromatic carbocycles. The summed E-state index contributed by atoms with van der Waals surface area (Å²) in [4.78, 5) is 12.0. The highest BCUT2D eigenvalue weighted by Gasteiger charge is 2.31. The van der Waals surface area contributed by atoms with Gasteiger partial charge in [-0.05, 0) is 78.7 Å². The van der Waals surface area contributed by atoms with Crippen LogP contribution in [0.4, 0.5) is 4.39 Å². The summed E-state index contributed by atoms with van der Waals surface area (Å²) in [5.41, 5.74) is 2.28. The molecule has 0 amide bonds. The van der Waals surface area contributed by atoms with Crippen molar-refractivity contribution in [1.29, 1.82) is 0 Å². The van der Waals surface area contributed by atoms with Crippen molar-refractivity contribution in [2.75, 3.05) is 14.2 Å². The minimum absolute atomic E-state index is 0.00228.